The molecule has 1 aliphatic carbocycles. The molecular weight excluding hydrogens is 476 g/mol. The average Bonchev–Trinajstić information content (AvgIpc) is 3.39. The minimum absolute atomic E-state index is 0.0755. The monoisotopic (exact) mass is 498 g/mol. The summed E-state index contributed by atoms with van der Waals surface area (Å²) in [6.07, 6.45) is -1.75. The molecule has 2 aliphatic heterocycles. The first kappa shape index (κ1) is 22.9. The molecule has 0 radical (unpaired) electrons. The number of hydroxylamine groups is 2. The quantitative estimate of drug-likeness (QED) is 0.508. The summed E-state index contributed by atoms with van der Waals surface area (Å²) in [4.78, 5) is 57.1. The van der Waals surface area contributed by atoms with Gasteiger partial charge < -0.3 is 19.2 Å². The van der Waals surface area contributed by atoms with Crippen molar-refractivity contribution in [1.29, 1.82) is 0 Å². The first-order valence-corrected chi connectivity index (χ1v) is 11.9. The maximum Gasteiger partial charge on any atom is 0.409 e. The molecular formula is C28H22N2O7. The number of imide groups is 1. The summed E-state index contributed by atoms with van der Waals surface area (Å²) in [5.41, 5.74) is 4.76. The van der Waals surface area contributed by atoms with Crippen molar-refractivity contribution >= 4 is 23.9 Å². The third-order valence-electron chi connectivity index (χ3n) is 6.86. The van der Waals surface area contributed by atoms with E-state index in [1.807, 2.05) is 36.4 Å². The molecule has 1 atom stereocenters. The van der Waals surface area contributed by atoms with E-state index in [2.05, 4.69) is 12.1 Å². The maximum atomic E-state index is 12.9. The summed E-state index contributed by atoms with van der Waals surface area (Å²) < 4.78 is 11.2. The van der Waals surface area contributed by atoms with Gasteiger partial charge in [-0.25, -0.2) is 9.59 Å². The van der Waals surface area contributed by atoms with Gasteiger partial charge in [0, 0.05) is 12.5 Å². The van der Waals surface area contributed by atoms with E-state index in [0.29, 0.717) is 5.06 Å². The Bertz CT molecular complexity index is 1350. The lowest BCUT2D eigenvalue weighted by Crippen LogP contribution is -2.50. The Labute approximate surface area is 212 Å². The molecule has 3 aromatic rings. The van der Waals surface area contributed by atoms with Gasteiger partial charge in [-0.3, -0.25) is 9.59 Å². The van der Waals surface area contributed by atoms with Crippen molar-refractivity contribution < 1.29 is 33.5 Å². The Hall–Kier alpha value is -4.50. The molecule has 0 bridgehead atoms. The molecule has 2 heterocycles. The standard InChI is InChI=1S/C28H22N2O7/c31-25-21-11-5-6-12-22(21)26(32)30(25)37-27(33)24-15-29(13-14-35-24)28(34)36-16-23-19-9-3-1-7-17(19)18-8-2-4-10-20(18)23/h1-12,23-24H,13-16H2/t24-/m0/s1. The van der Waals surface area contributed by atoms with Gasteiger partial charge in [-0.1, -0.05) is 65.7 Å². The SMILES string of the molecule is O=C(ON1C(=O)c2ccccc2C1=O)[C@@H]1CN(C(=O)OCC2c3ccccc3-c3ccccc32)CCO1. The van der Waals surface area contributed by atoms with Crippen LogP contribution in [0.4, 0.5) is 4.79 Å². The molecule has 186 valence electrons. The molecule has 9 heteroatoms. The minimum Gasteiger partial charge on any atom is -0.448 e. The Balaban J connectivity index is 1.09. The van der Waals surface area contributed by atoms with Crippen molar-refractivity contribution in [3.05, 3.63) is 95.1 Å². The number of benzene rings is 3. The van der Waals surface area contributed by atoms with Crippen molar-refractivity contribution in [3.8, 4) is 11.1 Å². The topological polar surface area (TPSA) is 102 Å². The third-order valence-corrected chi connectivity index (χ3v) is 6.86. The average molecular weight is 498 g/mol. The van der Waals surface area contributed by atoms with E-state index < -0.39 is 30.0 Å². The van der Waals surface area contributed by atoms with Gasteiger partial charge in [-0.2, -0.15) is 0 Å². The van der Waals surface area contributed by atoms with Crippen LogP contribution in [0.15, 0.2) is 72.8 Å². The number of nitrogens with zero attached hydrogens (tertiary/aromatic N) is 2. The van der Waals surface area contributed by atoms with Gasteiger partial charge in [0.2, 0.25) is 0 Å². The zero-order valence-electron chi connectivity index (χ0n) is 19.7. The summed E-state index contributed by atoms with van der Waals surface area (Å²) in [6, 6.07) is 22.3. The first-order chi connectivity index (χ1) is 18.0. The van der Waals surface area contributed by atoms with Gasteiger partial charge in [-0.05, 0) is 34.4 Å². The normalized spacial score (nSPS) is 18.3. The number of hydrogen-bond acceptors (Lipinski definition) is 7. The second-order valence-electron chi connectivity index (χ2n) is 8.97. The number of hydrogen-bond donors (Lipinski definition) is 0. The van der Waals surface area contributed by atoms with Gasteiger partial charge in [0.05, 0.1) is 24.3 Å². The van der Waals surface area contributed by atoms with Crippen molar-refractivity contribution in [3.63, 3.8) is 0 Å². The van der Waals surface area contributed by atoms with E-state index in [1.54, 1.807) is 12.1 Å². The van der Waals surface area contributed by atoms with Gasteiger partial charge in [0.15, 0.2) is 6.10 Å². The highest BCUT2D eigenvalue weighted by Gasteiger charge is 2.41. The van der Waals surface area contributed by atoms with Gasteiger partial charge in [0.25, 0.3) is 11.8 Å². The van der Waals surface area contributed by atoms with Crippen LogP contribution < -0.4 is 0 Å². The molecule has 9 nitrogen and oxygen atoms in total. The summed E-state index contributed by atoms with van der Waals surface area (Å²) in [5, 5.41) is 0.433. The summed E-state index contributed by atoms with van der Waals surface area (Å²) in [7, 11) is 0. The largest absolute Gasteiger partial charge is 0.448 e. The van der Waals surface area contributed by atoms with Crippen molar-refractivity contribution in [2.45, 2.75) is 12.0 Å². The van der Waals surface area contributed by atoms with Crippen molar-refractivity contribution in [2.75, 3.05) is 26.3 Å². The Kier molecular flexibility index (Phi) is 5.69. The van der Waals surface area contributed by atoms with Crippen molar-refractivity contribution in [1.82, 2.24) is 9.96 Å². The molecule has 37 heavy (non-hydrogen) atoms. The van der Waals surface area contributed by atoms with Gasteiger partial charge in [0.1, 0.15) is 6.61 Å². The van der Waals surface area contributed by atoms with Crippen LogP contribution >= 0.6 is 0 Å². The number of rotatable bonds is 4. The van der Waals surface area contributed by atoms with E-state index in [-0.39, 0.29) is 43.3 Å². The lowest BCUT2D eigenvalue weighted by Gasteiger charge is -2.31. The van der Waals surface area contributed by atoms with Crippen LogP contribution in [0.5, 0.6) is 0 Å². The smallest absolute Gasteiger partial charge is 0.409 e. The fourth-order valence-electron chi connectivity index (χ4n) is 5.04. The zero-order valence-corrected chi connectivity index (χ0v) is 19.7. The molecule has 0 spiro atoms. The molecule has 3 aromatic carbocycles. The van der Waals surface area contributed by atoms with E-state index in [1.165, 1.54) is 17.0 Å². The molecule has 3 aliphatic rings. The molecule has 1 saturated heterocycles. The lowest BCUT2D eigenvalue weighted by molar-refractivity contribution is -0.185. The second kappa shape index (κ2) is 9.18. The van der Waals surface area contributed by atoms with Crippen LogP contribution in [0.2, 0.25) is 0 Å². The number of ether oxygens (including phenoxy) is 2. The minimum atomic E-state index is -1.17. The number of carbonyl (C=O) groups is 4. The highest BCUT2D eigenvalue weighted by molar-refractivity contribution is 6.20. The van der Waals surface area contributed by atoms with Crippen LogP contribution in [-0.2, 0) is 19.1 Å². The number of morpholine rings is 1. The van der Waals surface area contributed by atoms with Gasteiger partial charge in [-0.15, -0.1) is 0 Å². The summed E-state index contributed by atoms with van der Waals surface area (Å²) in [5.74, 6) is -2.48. The Morgan fingerprint density at radius 1 is 0.811 bits per heavy atom. The van der Waals surface area contributed by atoms with E-state index >= 15 is 0 Å². The Morgan fingerprint density at radius 2 is 1.35 bits per heavy atom. The maximum absolute atomic E-state index is 12.9. The van der Waals surface area contributed by atoms with Crippen LogP contribution in [0.1, 0.15) is 37.8 Å². The molecule has 3 amide bonds. The first-order valence-electron chi connectivity index (χ1n) is 11.9. The fourth-order valence-corrected chi connectivity index (χ4v) is 5.04. The highest BCUT2D eigenvalue weighted by Crippen LogP contribution is 2.44. The third kappa shape index (κ3) is 3.93. The van der Waals surface area contributed by atoms with E-state index in [9.17, 15) is 19.2 Å². The van der Waals surface area contributed by atoms with Gasteiger partial charge >= 0.3 is 12.1 Å². The molecule has 6 rings (SSSR count). The van der Waals surface area contributed by atoms with Crippen molar-refractivity contribution in [2.24, 2.45) is 0 Å². The lowest BCUT2D eigenvalue weighted by atomic mass is 9.98. The van der Waals surface area contributed by atoms with Crippen LogP contribution in [-0.4, -0.2) is 66.2 Å². The predicted octanol–water partition coefficient (Wildman–Crippen LogP) is 3.39. The molecule has 0 unspecified atom stereocenters. The number of amides is 3. The molecule has 0 saturated carbocycles. The van der Waals surface area contributed by atoms with E-state index in [4.69, 9.17) is 14.3 Å². The molecule has 0 N–H and O–H groups in total. The van der Waals surface area contributed by atoms with Crippen LogP contribution in [0, 0.1) is 0 Å². The second-order valence-corrected chi connectivity index (χ2v) is 8.97. The predicted molar refractivity (Wildman–Crippen MR) is 129 cm³/mol. The number of carbonyl (C=O) groups excluding carboxylic acids is 4. The fraction of sp³-hybridized carbons (Fsp3) is 0.214. The highest BCUT2D eigenvalue weighted by atomic mass is 16.7. The summed E-state index contributed by atoms with van der Waals surface area (Å²) in [6.45, 7) is 0.326. The molecule has 1 fully saturated rings. The van der Waals surface area contributed by atoms with E-state index in [0.717, 1.165) is 22.3 Å². The van der Waals surface area contributed by atoms with Crippen LogP contribution in [0.3, 0.4) is 0 Å². The molecule has 0 aromatic heterocycles. The zero-order chi connectivity index (χ0) is 25.5. The number of fused-ring (bicyclic) bond motifs is 4. The summed E-state index contributed by atoms with van der Waals surface area (Å²) >= 11 is 0. The Morgan fingerprint density at radius 3 is 1.95 bits per heavy atom. The van der Waals surface area contributed by atoms with Crippen LogP contribution in [0.25, 0.3) is 11.1 Å².